The highest BCUT2D eigenvalue weighted by atomic mass is 19.1. The molecule has 6 nitrogen and oxygen atoms in total. The lowest BCUT2D eigenvalue weighted by molar-refractivity contribution is 0.129. The first-order chi connectivity index (χ1) is 17.1. The van der Waals surface area contributed by atoms with E-state index in [4.69, 9.17) is 4.74 Å². The third-order valence-corrected chi connectivity index (χ3v) is 7.21. The lowest BCUT2D eigenvalue weighted by Crippen LogP contribution is -2.44. The summed E-state index contributed by atoms with van der Waals surface area (Å²) in [6, 6.07) is 10.6. The van der Waals surface area contributed by atoms with E-state index in [-0.39, 0.29) is 23.9 Å². The second kappa shape index (κ2) is 10.3. The number of fused-ring (bicyclic) bond motifs is 2. The molecule has 5 rings (SSSR count). The highest BCUT2D eigenvalue weighted by Gasteiger charge is 2.40. The van der Waals surface area contributed by atoms with E-state index >= 15 is 0 Å². The van der Waals surface area contributed by atoms with Crippen LogP contribution in [0.3, 0.4) is 0 Å². The average Bonchev–Trinajstić information content (AvgIpc) is 2.87. The Morgan fingerprint density at radius 2 is 2.03 bits per heavy atom. The van der Waals surface area contributed by atoms with Gasteiger partial charge >= 0.3 is 6.09 Å². The topological polar surface area (TPSA) is 77.0 Å². The number of pyridine rings is 1. The fourth-order valence-corrected chi connectivity index (χ4v) is 5.60. The summed E-state index contributed by atoms with van der Waals surface area (Å²) in [5, 5.41) is 11.3. The number of nitrogens with one attached hydrogen (secondary N) is 1. The third kappa shape index (κ3) is 5.24. The van der Waals surface area contributed by atoms with Gasteiger partial charge in [0.1, 0.15) is 5.82 Å². The standard InChI is InChI=1S/C28H29FN4O2/c1-2-35-28(34)33-24-9-10-25-20(14-24)12-21-16-31-32-17-27(21)26(25)11-8-23-7-6-19(15-30-23)18-4-3-5-22(29)13-18/h3-8,11,13,15-17,20,24-26H,2,9-10,12,14H2,1H3,(H,33,34)/b11-8+/t20-,24-,25-,26+/m1/s1. The van der Waals surface area contributed by atoms with E-state index in [2.05, 4.69) is 32.7 Å². The molecule has 1 amide bonds. The fraction of sp³-hybridized carbons (Fsp3) is 0.357. The Morgan fingerprint density at radius 1 is 1.14 bits per heavy atom. The van der Waals surface area contributed by atoms with E-state index in [1.807, 2.05) is 37.5 Å². The largest absolute Gasteiger partial charge is 0.450 e. The molecule has 0 unspecified atom stereocenters. The molecule has 0 saturated heterocycles. The molecule has 1 fully saturated rings. The van der Waals surface area contributed by atoms with Gasteiger partial charge in [0, 0.05) is 23.7 Å². The van der Waals surface area contributed by atoms with Crippen molar-refractivity contribution in [2.45, 2.75) is 44.6 Å². The molecule has 7 heteroatoms. The summed E-state index contributed by atoms with van der Waals surface area (Å²) in [5.74, 6) is 0.875. The number of alkyl carbamates (subject to hydrolysis) is 1. The Morgan fingerprint density at radius 3 is 2.83 bits per heavy atom. The van der Waals surface area contributed by atoms with Crippen LogP contribution in [0.5, 0.6) is 0 Å². The summed E-state index contributed by atoms with van der Waals surface area (Å²) < 4.78 is 18.7. The lowest BCUT2D eigenvalue weighted by atomic mass is 9.63. The lowest BCUT2D eigenvalue weighted by Gasteiger charge is -2.43. The van der Waals surface area contributed by atoms with E-state index in [0.29, 0.717) is 18.4 Å². The molecule has 3 aromatic rings. The van der Waals surface area contributed by atoms with Crippen molar-refractivity contribution in [3.63, 3.8) is 0 Å². The highest BCUT2D eigenvalue weighted by Crippen LogP contribution is 2.47. The Labute approximate surface area is 204 Å². The summed E-state index contributed by atoms with van der Waals surface area (Å²) in [4.78, 5) is 16.5. The molecule has 1 N–H and O–H groups in total. The van der Waals surface area contributed by atoms with Crippen LogP contribution in [0.2, 0.25) is 0 Å². The number of benzene rings is 1. The minimum Gasteiger partial charge on any atom is -0.450 e. The van der Waals surface area contributed by atoms with Gasteiger partial charge in [-0.2, -0.15) is 10.2 Å². The van der Waals surface area contributed by atoms with E-state index in [1.165, 1.54) is 23.3 Å². The number of ether oxygens (including phenoxy) is 1. The molecule has 0 spiro atoms. The zero-order valence-electron chi connectivity index (χ0n) is 19.7. The SMILES string of the molecule is CCOC(=O)N[C@@H]1CC[C@@H]2[C@H](Cc3cnncc3[C@H]2/C=C/c2ccc(-c3cccc(F)c3)cn2)C1. The summed E-state index contributed by atoms with van der Waals surface area (Å²) in [6.45, 7) is 2.19. The van der Waals surface area contributed by atoms with Crippen molar-refractivity contribution in [2.75, 3.05) is 6.61 Å². The first kappa shape index (κ1) is 23.1. The summed E-state index contributed by atoms with van der Waals surface area (Å²) in [6.07, 6.45) is 13.3. The Hall–Kier alpha value is -3.61. The summed E-state index contributed by atoms with van der Waals surface area (Å²) >= 11 is 0. The molecule has 2 heterocycles. The summed E-state index contributed by atoms with van der Waals surface area (Å²) in [7, 11) is 0. The van der Waals surface area contributed by atoms with Gasteiger partial charge in [0.2, 0.25) is 0 Å². The first-order valence-electron chi connectivity index (χ1n) is 12.2. The van der Waals surface area contributed by atoms with E-state index in [1.54, 1.807) is 12.3 Å². The molecular formula is C28H29FN4O2. The van der Waals surface area contributed by atoms with Gasteiger partial charge < -0.3 is 10.1 Å². The van der Waals surface area contributed by atoms with Crippen molar-refractivity contribution in [1.29, 1.82) is 0 Å². The number of carbonyl (C=O) groups is 1. The van der Waals surface area contributed by atoms with Gasteiger partial charge in [-0.05, 0) is 85.4 Å². The molecule has 180 valence electrons. The van der Waals surface area contributed by atoms with Gasteiger partial charge in [0.05, 0.1) is 24.7 Å². The van der Waals surface area contributed by atoms with Gasteiger partial charge in [-0.1, -0.05) is 24.3 Å². The zero-order valence-corrected chi connectivity index (χ0v) is 19.7. The van der Waals surface area contributed by atoms with Crippen LogP contribution >= 0.6 is 0 Å². The average molecular weight is 473 g/mol. The molecule has 1 aromatic carbocycles. The van der Waals surface area contributed by atoms with Crippen molar-refractivity contribution >= 4 is 12.2 Å². The van der Waals surface area contributed by atoms with Crippen molar-refractivity contribution in [3.8, 4) is 11.1 Å². The predicted molar refractivity (Wildman–Crippen MR) is 132 cm³/mol. The van der Waals surface area contributed by atoms with Crippen LogP contribution in [0.25, 0.3) is 17.2 Å². The van der Waals surface area contributed by atoms with Crippen LogP contribution < -0.4 is 5.32 Å². The van der Waals surface area contributed by atoms with Gasteiger partial charge in [0.15, 0.2) is 0 Å². The maximum Gasteiger partial charge on any atom is 0.407 e. The predicted octanol–water partition coefficient (Wildman–Crippen LogP) is 5.56. The zero-order chi connectivity index (χ0) is 24.2. The van der Waals surface area contributed by atoms with Crippen molar-refractivity contribution < 1.29 is 13.9 Å². The molecular weight excluding hydrogens is 443 g/mol. The summed E-state index contributed by atoms with van der Waals surface area (Å²) in [5.41, 5.74) is 5.00. The number of hydrogen-bond acceptors (Lipinski definition) is 5. The minimum atomic E-state index is -0.331. The number of rotatable bonds is 5. The number of carbonyl (C=O) groups excluding carboxylic acids is 1. The van der Waals surface area contributed by atoms with Crippen molar-refractivity contribution in [1.82, 2.24) is 20.5 Å². The third-order valence-electron chi connectivity index (χ3n) is 7.21. The number of amides is 1. The van der Waals surface area contributed by atoms with Gasteiger partial charge in [-0.3, -0.25) is 4.98 Å². The molecule has 2 aliphatic carbocycles. The number of hydrogen-bond donors (Lipinski definition) is 1. The number of halogens is 1. The Bertz CT molecular complexity index is 1210. The van der Waals surface area contributed by atoms with Crippen LogP contribution in [0.1, 0.15) is 48.9 Å². The maximum absolute atomic E-state index is 13.6. The fourth-order valence-electron chi connectivity index (χ4n) is 5.60. The van der Waals surface area contributed by atoms with Crippen LogP contribution in [-0.2, 0) is 11.2 Å². The molecule has 0 bridgehead atoms. The van der Waals surface area contributed by atoms with E-state index in [9.17, 15) is 9.18 Å². The molecule has 1 saturated carbocycles. The number of nitrogens with zero attached hydrogens (tertiary/aromatic N) is 3. The molecule has 2 aliphatic rings. The second-order valence-electron chi connectivity index (χ2n) is 9.34. The van der Waals surface area contributed by atoms with Gasteiger partial charge in [-0.15, -0.1) is 0 Å². The smallest absolute Gasteiger partial charge is 0.407 e. The Balaban J connectivity index is 1.34. The molecule has 2 aromatic heterocycles. The molecule has 0 aliphatic heterocycles. The number of allylic oxidation sites excluding steroid dienone is 1. The van der Waals surface area contributed by atoms with E-state index in [0.717, 1.165) is 42.5 Å². The van der Waals surface area contributed by atoms with Crippen LogP contribution in [0.4, 0.5) is 9.18 Å². The Kier molecular flexibility index (Phi) is 6.84. The number of aromatic nitrogens is 3. The first-order valence-corrected chi connectivity index (χ1v) is 12.2. The second-order valence-corrected chi connectivity index (χ2v) is 9.34. The normalized spacial score (nSPS) is 23.4. The quantitative estimate of drug-likeness (QED) is 0.526. The van der Waals surface area contributed by atoms with Gasteiger partial charge in [0.25, 0.3) is 0 Å². The highest BCUT2D eigenvalue weighted by molar-refractivity contribution is 5.67. The van der Waals surface area contributed by atoms with Crippen molar-refractivity contribution in [2.24, 2.45) is 11.8 Å². The minimum absolute atomic E-state index is 0.133. The van der Waals surface area contributed by atoms with Gasteiger partial charge in [-0.25, -0.2) is 9.18 Å². The van der Waals surface area contributed by atoms with Crippen LogP contribution in [0, 0.1) is 17.7 Å². The van der Waals surface area contributed by atoms with Crippen LogP contribution in [0.15, 0.2) is 61.1 Å². The maximum atomic E-state index is 13.6. The molecule has 0 radical (unpaired) electrons. The van der Waals surface area contributed by atoms with E-state index < -0.39 is 0 Å². The molecule has 4 atom stereocenters. The monoisotopic (exact) mass is 472 g/mol. The van der Waals surface area contributed by atoms with Crippen LogP contribution in [-0.4, -0.2) is 33.9 Å². The van der Waals surface area contributed by atoms with Crippen molar-refractivity contribution in [3.05, 3.63) is 83.7 Å². The molecule has 35 heavy (non-hydrogen) atoms.